The molecule has 0 bridgehead atoms. The summed E-state index contributed by atoms with van der Waals surface area (Å²) in [4.78, 5) is 12.3. The maximum Gasteiger partial charge on any atom is 0.150 e. The minimum absolute atomic E-state index is 0.0745. The maximum atomic E-state index is 12.3. The van der Waals surface area contributed by atoms with E-state index in [0.717, 1.165) is 25.7 Å². The van der Waals surface area contributed by atoms with Gasteiger partial charge >= 0.3 is 0 Å². The SMILES string of the molecule is CS(=O)(=O)C1CCCC(C(=O)C2(CN)CC2)C1. The van der Waals surface area contributed by atoms with Crippen molar-refractivity contribution in [1.82, 2.24) is 0 Å². The second-order valence-electron chi connectivity index (χ2n) is 5.66. The Morgan fingerprint density at radius 1 is 1.35 bits per heavy atom. The van der Waals surface area contributed by atoms with Crippen LogP contribution in [0.2, 0.25) is 0 Å². The molecule has 0 radical (unpaired) electrons. The van der Waals surface area contributed by atoms with Gasteiger partial charge in [0.1, 0.15) is 15.6 Å². The fourth-order valence-corrected chi connectivity index (χ4v) is 4.08. The third kappa shape index (κ3) is 2.55. The van der Waals surface area contributed by atoms with E-state index in [4.69, 9.17) is 5.73 Å². The van der Waals surface area contributed by atoms with E-state index in [0.29, 0.717) is 19.4 Å². The smallest absolute Gasteiger partial charge is 0.150 e. The van der Waals surface area contributed by atoms with Gasteiger partial charge in [-0.3, -0.25) is 4.79 Å². The molecule has 0 aromatic heterocycles. The minimum Gasteiger partial charge on any atom is -0.329 e. The van der Waals surface area contributed by atoms with E-state index in [1.54, 1.807) is 0 Å². The largest absolute Gasteiger partial charge is 0.329 e. The highest BCUT2D eigenvalue weighted by Gasteiger charge is 2.51. The Bertz CT molecular complexity index is 411. The Hall–Kier alpha value is -0.420. The molecule has 0 amide bonds. The van der Waals surface area contributed by atoms with Crippen molar-refractivity contribution in [3.8, 4) is 0 Å². The number of Topliss-reactive ketones (excluding diaryl/α,β-unsaturated/α-hetero) is 1. The third-order valence-electron chi connectivity index (χ3n) is 4.37. The molecule has 0 heterocycles. The van der Waals surface area contributed by atoms with Crippen LogP contribution in [0.5, 0.6) is 0 Å². The Balaban J connectivity index is 2.05. The highest BCUT2D eigenvalue weighted by atomic mass is 32.2. The zero-order valence-corrected chi connectivity index (χ0v) is 11.1. The standard InChI is InChI=1S/C12H21NO3S/c1-17(15,16)10-4-2-3-9(7-10)11(14)12(8-13)5-6-12/h9-10H,2-8,13H2,1H3. The highest BCUT2D eigenvalue weighted by Crippen LogP contribution is 2.49. The second-order valence-corrected chi connectivity index (χ2v) is 7.99. The van der Waals surface area contributed by atoms with Gasteiger partial charge in [-0.05, 0) is 32.1 Å². The minimum atomic E-state index is -3.01. The highest BCUT2D eigenvalue weighted by molar-refractivity contribution is 7.91. The molecule has 5 heteroatoms. The molecule has 0 aromatic carbocycles. The van der Waals surface area contributed by atoms with Crippen molar-refractivity contribution >= 4 is 15.6 Å². The van der Waals surface area contributed by atoms with E-state index in [-0.39, 0.29) is 22.4 Å². The quantitative estimate of drug-likeness (QED) is 0.813. The molecule has 2 aliphatic rings. The molecule has 98 valence electrons. The topological polar surface area (TPSA) is 77.2 Å². The van der Waals surface area contributed by atoms with E-state index in [1.807, 2.05) is 0 Å². The number of hydrogen-bond donors (Lipinski definition) is 1. The molecule has 4 nitrogen and oxygen atoms in total. The van der Waals surface area contributed by atoms with Gasteiger partial charge in [-0.15, -0.1) is 0 Å². The molecule has 0 spiro atoms. The number of ketones is 1. The van der Waals surface area contributed by atoms with Gasteiger partial charge in [0.2, 0.25) is 0 Å². The van der Waals surface area contributed by atoms with Crippen LogP contribution in [0.1, 0.15) is 38.5 Å². The molecule has 2 N–H and O–H groups in total. The van der Waals surface area contributed by atoms with Crippen LogP contribution < -0.4 is 5.73 Å². The first-order valence-corrected chi connectivity index (χ1v) is 8.28. The van der Waals surface area contributed by atoms with Crippen LogP contribution in [-0.2, 0) is 14.6 Å². The summed E-state index contributed by atoms with van der Waals surface area (Å²) in [5.74, 6) is 0.155. The lowest BCUT2D eigenvalue weighted by Crippen LogP contribution is -2.37. The van der Waals surface area contributed by atoms with Crippen LogP contribution in [0.4, 0.5) is 0 Å². The predicted molar refractivity (Wildman–Crippen MR) is 66.3 cm³/mol. The zero-order valence-electron chi connectivity index (χ0n) is 10.3. The maximum absolute atomic E-state index is 12.3. The summed E-state index contributed by atoms with van der Waals surface area (Å²) < 4.78 is 23.1. The third-order valence-corrected chi connectivity index (χ3v) is 6.01. The molecule has 2 fully saturated rings. The summed E-state index contributed by atoms with van der Waals surface area (Å²) >= 11 is 0. The molecule has 2 atom stereocenters. The lowest BCUT2D eigenvalue weighted by atomic mass is 9.80. The Morgan fingerprint density at radius 2 is 2.00 bits per heavy atom. The summed E-state index contributed by atoms with van der Waals surface area (Å²) in [6.07, 6.45) is 5.96. The van der Waals surface area contributed by atoms with Crippen molar-refractivity contribution in [1.29, 1.82) is 0 Å². The Kier molecular flexibility index (Phi) is 3.34. The number of carbonyl (C=O) groups is 1. The van der Waals surface area contributed by atoms with E-state index in [1.165, 1.54) is 6.26 Å². The normalized spacial score (nSPS) is 32.1. The van der Waals surface area contributed by atoms with Crippen LogP contribution in [0.15, 0.2) is 0 Å². The van der Waals surface area contributed by atoms with Crippen LogP contribution in [0.3, 0.4) is 0 Å². The average Bonchev–Trinajstić information content (AvgIpc) is 3.08. The monoisotopic (exact) mass is 259 g/mol. The first-order valence-electron chi connectivity index (χ1n) is 6.32. The predicted octanol–water partition coefficient (Wildman–Crippen LogP) is 0.898. The van der Waals surface area contributed by atoms with Crippen molar-refractivity contribution < 1.29 is 13.2 Å². The lowest BCUT2D eigenvalue weighted by molar-refractivity contribution is -0.128. The molecule has 0 aromatic rings. The van der Waals surface area contributed by atoms with E-state index < -0.39 is 9.84 Å². The van der Waals surface area contributed by atoms with Crippen molar-refractivity contribution in [2.24, 2.45) is 17.1 Å². The summed E-state index contributed by atoms with van der Waals surface area (Å²) in [6, 6.07) is 0. The Labute approximate surface area is 103 Å². The van der Waals surface area contributed by atoms with E-state index in [9.17, 15) is 13.2 Å². The van der Waals surface area contributed by atoms with Crippen molar-refractivity contribution in [2.75, 3.05) is 12.8 Å². The van der Waals surface area contributed by atoms with E-state index >= 15 is 0 Å². The van der Waals surface area contributed by atoms with E-state index in [2.05, 4.69) is 0 Å². The Morgan fingerprint density at radius 3 is 2.47 bits per heavy atom. The zero-order chi connectivity index (χ0) is 12.7. The molecule has 0 saturated heterocycles. The first kappa shape index (κ1) is 13.0. The molecule has 0 aliphatic heterocycles. The van der Waals surface area contributed by atoms with Gasteiger partial charge in [-0.1, -0.05) is 6.42 Å². The molecule has 2 unspecified atom stereocenters. The van der Waals surface area contributed by atoms with Crippen molar-refractivity contribution in [3.63, 3.8) is 0 Å². The molecular formula is C12H21NO3S. The van der Waals surface area contributed by atoms with Gasteiger partial charge in [-0.2, -0.15) is 0 Å². The van der Waals surface area contributed by atoms with Crippen LogP contribution in [0, 0.1) is 11.3 Å². The van der Waals surface area contributed by atoms with Crippen molar-refractivity contribution in [2.45, 2.75) is 43.8 Å². The van der Waals surface area contributed by atoms with Gasteiger partial charge < -0.3 is 5.73 Å². The fraction of sp³-hybridized carbons (Fsp3) is 0.917. The summed E-state index contributed by atoms with van der Waals surface area (Å²) in [6.45, 7) is 0.422. The molecule has 17 heavy (non-hydrogen) atoms. The summed E-state index contributed by atoms with van der Waals surface area (Å²) in [5, 5.41) is -0.321. The van der Waals surface area contributed by atoms with Gasteiger partial charge in [-0.25, -0.2) is 8.42 Å². The lowest BCUT2D eigenvalue weighted by Gasteiger charge is -2.29. The number of hydrogen-bond acceptors (Lipinski definition) is 4. The van der Waals surface area contributed by atoms with Crippen LogP contribution in [-0.4, -0.2) is 32.3 Å². The first-order chi connectivity index (χ1) is 7.89. The van der Waals surface area contributed by atoms with Gasteiger partial charge in [0.15, 0.2) is 0 Å². The van der Waals surface area contributed by atoms with Gasteiger partial charge in [0.25, 0.3) is 0 Å². The van der Waals surface area contributed by atoms with Crippen LogP contribution >= 0.6 is 0 Å². The van der Waals surface area contributed by atoms with Gasteiger partial charge in [0.05, 0.1) is 5.25 Å². The van der Waals surface area contributed by atoms with Crippen molar-refractivity contribution in [3.05, 3.63) is 0 Å². The number of sulfone groups is 1. The fourth-order valence-electron chi connectivity index (χ4n) is 2.91. The number of nitrogens with two attached hydrogens (primary N) is 1. The number of rotatable bonds is 4. The van der Waals surface area contributed by atoms with Gasteiger partial charge in [0, 0.05) is 24.1 Å². The number of carbonyl (C=O) groups excluding carboxylic acids is 1. The molecule has 2 saturated carbocycles. The average molecular weight is 259 g/mol. The molecular weight excluding hydrogens is 238 g/mol. The second kappa shape index (κ2) is 4.35. The summed E-state index contributed by atoms with van der Waals surface area (Å²) in [5.41, 5.74) is 5.37. The molecule has 2 rings (SSSR count). The molecule has 2 aliphatic carbocycles. The summed E-state index contributed by atoms with van der Waals surface area (Å²) in [7, 11) is -3.01. The van der Waals surface area contributed by atoms with Crippen LogP contribution in [0.25, 0.3) is 0 Å².